The van der Waals surface area contributed by atoms with Gasteiger partial charge in [-0.25, -0.2) is 9.97 Å². The number of carbonyl (C=O) groups excluding carboxylic acids is 1. The molecule has 0 spiro atoms. The summed E-state index contributed by atoms with van der Waals surface area (Å²) in [6.07, 6.45) is 19.9. The lowest BCUT2D eigenvalue weighted by atomic mass is 9.69. The standard InChI is InChI=1S/C31H43N3O2/c1-3-5-7-9-11-19-31(24-32)20-17-27(18-21-31)30(35)36-28-15-13-26(14-16-28)29-33-22-25(23-34-29)12-10-8-6-4-2/h13-16,22-23,27H,3-12,17-21H2,1-2H3. The maximum atomic E-state index is 12.8. The molecule has 0 atom stereocenters. The fraction of sp³-hybridized carbons (Fsp3) is 0.613. The van der Waals surface area contributed by atoms with Crippen LogP contribution in [-0.4, -0.2) is 15.9 Å². The van der Waals surface area contributed by atoms with Gasteiger partial charge >= 0.3 is 5.97 Å². The Bertz CT molecular complexity index is 955. The zero-order valence-electron chi connectivity index (χ0n) is 22.3. The van der Waals surface area contributed by atoms with E-state index in [0.29, 0.717) is 11.6 Å². The number of unbranched alkanes of at least 4 members (excludes halogenated alkanes) is 7. The van der Waals surface area contributed by atoms with E-state index in [0.717, 1.165) is 50.5 Å². The molecule has 194 valence electrons. The number of hydrogen-bond donors (Lipinski definition) is 0. The number of ether oxygens (including phenoxy) is 1. The van der Waals surface area contributed by atoms with Crippen LogP contribution < -0.4 is 4.74 Å². The van der Waals surface area contributed by atoms with Crippen molar-refractivity contribution in [3.8, 4) is 23.2 Å². The molecule has 1 aliphatic rings. The molecular formula is C31H43N3O2. The van der Waals surface area contributed by atoms with Gasteiger partial charge in [0.15, 0.2) is 5.82 Å². The maximum Gasteiger partial charge on any atom is 0.314 e. The van der Waals surface area contributed by atoms with E-state index in [2.05, 4.69) is 29.9 Å². The number of aromatic nitrogens is 2. The number of esters is 1. The Morgan fingerprint density at radius 2 is 1.56 bits per heavy atom. The van der Waals surface area contributed by atoms with Gasteiger partial charge in [0.2, 0.25) is 0 Å². The summed E-state index contributed by atoms with van der Waals surface area (Å²) in [5, 5.41) is 9.82. The lowest BCUT2D eigenvalue weighted by molar-refractivity contribution is -0.140. The van der Waals surface area contributed by atoms with E-state index < -0.39 is 0 Å². The molecule has 1 aromatic carbocycles. The van der Waals surface area contributed by atoms with Crippen molar-refractivity contribution in [3.05, 3.63) is 42.2 Å². The summed E-state index contributed by atoms with van der Waals surface area (Å²) in [6, 6.07) is 10.0. The quantitative estimate of drug-likeness (QED) is 0.152. The third kappa shape index (κ3) is 8.43. The highest BCUT2D eigenvalue weighted by molar-refractivity contribution is 5.75. The molecule has 0 saturated heterocycles. The van der Waals surface area contributed by atoms with E-state index in [-0.39, 0.29) is 17.3 Å². The van der Waals surface area contributed by atoms with Crippen molar-refractivity contribution in [1.29, 1.82) is 5.26 Å². The van der Waals surface area contributed by atoms with Gasteiger partial charge < -0.3 is 4.74 Å². The number of aryl methyl sites for hydroxylation is 1. The van der Waals surface area contributed by atoms with Gasteiger partial charge in [-0.3, -0.25) is 4.79 Å². The van der Waals surface area contributed by atoms with Crippen LogP contribution in [0, 0.1) is 22.7 Å². The smallest absolute Gasteiger partial charge is 0.314 e. The Hall–Kier alpha value is -2.74. The summed E-state index contributed by atoms with van der Waals surface area (Å²) in [6.45, 7) is 4.44. The highest BCUT2D eigenvalue weighted by atomic mass is 16.5. The van der Waals surface area contributed by atoms with Crippen molar-refractivity contribution in [2.45, 2.75) is 110 Å². The molecule has 5 heteroatoms. The number of rotatable bonds is 14. The molecule has 0 aliphatic heterocycles. The Morgan fingerprint density at radius 3 is 2.17 bits per heavy atom. The van der Waals surface area contributed by atoms with Crippen LogP contribution in [0.15, 0.2) is 36.7 Å². The molecule has 3 rings (SSSR count). The SMILES string of the molecule is CCCCCCCC1(C#N)CCC(C(=O)Oc2ccc(-c3ncc(CCCCCC)cn3)cc2)CC1. The summed E-state index contributed by atoms with van der Waals surface area (Å²) in [4.78, 5) is 21.8. The van der Waals surface area contributed by atoms with Crippen LogP contribution in [0.2, 0.25) is 0 Å². The van der Waals surface area contributed by atoms with Gasteiger partial charge in [0.1, 0.15) is 5.75 Å². The van der Waals surface area contributed by atoms with E-state index >= 15 is 0 Å². The lowest BCUT2D eigenvalue weighted by Gasteiger charge is -2.34. The van der Waals surface area contributed by atoms with Crippen molar-refractivity contribution in [1.82, 2.24) is 9.97 Å². The van der Waals surface area contributed by atoms with Crippen molar-refractivity contribution >= 4 is 5.97 Å². The number of carbonyl (C=O) groups is 1. The van der Waals surface area contributed by atoms with Crippen LogP contribution in [0.4, 0.5) is 0 Å². The van der Waals surface area contributed by atoms with E-state index in [1.54, 1.807) is 0 Å². The minimum absolute atomic E-state index is 0.126. The summed E-state index contributed by atoms with van der Waals surface area (Å²) < 4.78 is 5.69. The summed E-state index contributed by atoms with van der Waals surface area (Å²) in [7, 11) is 0. The first-order valence-corrected chi connectivity index (χ1v) is 14.1. The number of hydrogen-bond acceptors (Lipinski definition) is 5. The fourth-order valence-electron chi connectivity index (χ4n) is 5.15. The second kappa shape index (κ2) is 14.7. The van der Waals surface area contributed by atoms with Crippen LogP contribution in [0.1, 0.15) is 109 Å². The van der Waals surface area contributed by atoms with E-state index in [1.807, 2.05) is 36.7 Å². The van der Waals surface area contributed by atoms with E-state index in [9.17, 15) is 10.1 Å². The number of benzene rings is 1. The summed E-state index contributed by atoms with van der Waals surface area (Å²) in [5.74, 6) is 0.921. The Kier molecular flexibility index (Phi) is 11.4. The third-order valence-corrected chi connectivity index (χ3v) is 7.63. The van der Waals surface area contributed by atoms with Crippen molar-refractivity contribution in [2.75, 3.05) is 0 Å². The Morgan fingerprint density at radius 1 is 0.944 bits per heavy atom. The average molecular weight is 490 g/mol. The lowest BCUT2D eigenvalue weighted by Crippen LogP contribution is -2.31. The Balaban J connectivity index is 1.45. The average Bonchev–Trinajstić information content (AvgIpc) is 2.92. The highest BCUT2D eigenvalue weighted by Gasteiger charge is 2.37. The number of nitrogens with zero attached hydrogens (tertiary/aromatic N) is 3. The molecule has 0 bridgehead atoms. The van der Waals surface area contributed by atoms with Gasteiger partial charge in [-0.1, -0.05) is 65.2 Å². The largest absolute Gasteiger partial charge is 0.426 e. The summed E-state index contributed by atoms with van der Waals surface area (Å²) >= 11 is 0. The molecule has 1 saturated carbocycles. The van der Waals surface area contributed by atoms with Gasteiger partial charge in [-0.05, 0) is 74.8 Å². The van der Waals surface area contributed by atoms with Crippen molar-refractivity contribution < 1.29 is 9.53 Å². The monoisotopic (exact) mass is 489 g/mol. The predicted molar refractivity (Wildman–Crippen MR) is 144 cm³/mol. The molecule has 1 aliphatic carbocycles. The van der Waals surface area contributed by atoms with E-state index in [4.69, 9.17) is 4.74 Å². The normalized spacial score (nSPS) is 19.5. The minimum Gasteiger partial charge on any atom is -0.426 e. The van der Waals surface area contributed by atoms with Crippen LogP contribution in [0.5, 0.6) is 5.75 Å². The molecular weight excluding hydrogens is 446 g/mol. The molecule has 2 aromatic rings. The maximum absolute atomic E-state index is 12.8. The zero-order chi connectivity index (χ0) is 25.6. The molecule has 36 heavy (non-hydrogen) atoms. The first-order valence-electron chi connectivity index (χ1n) is 14.1. The highest BCUT2D eigenvalue weighted by Crippen LogP contribution is 2.42. The van der Waals surface area contributed by atoms with Gasteiger partial charge in [0.25, 0.3) is 0 Å². The molecule has 1 heterocycles. The fourth-order valence-corrected chi connectivity index (χ4v) is 5.15. The van der Waals surface area contributed by atoms with Gasteiger partial charge in [0, 0.05) is 18.0 Å². The predicted octanol–water partition coefficient (Wildman–Crippen LogP) is 8.23. The molecule has 1 aromatic heterocycles. The first-order chi connectivity index (χ1) is 17.6. The van der Waals surface area contributed by atoms with E-state index in [1.165, 1.54) is 56.9 Å². The molecule has 0 unspecified atom stereocenters. The van der Waals surface area contributed by atoms with Gasteiger partial charge in [-0.15, -0.1) is 0 Å². The molecule has 0 radical (unpaired) electrons. The van der Waals surface area contributed by atoms with Crippen molar-refractivity contribution in [2.24, 2.45) is 11.3 Å². The zero-order valence-corrected chi connectivity index (χ0v) is 22.3. The molecule has 1 fully saturated rings. The second-order valence-corrected chi connectivity index (χ2v) is 10.5. The topological polar surface area (TPSA) is 75.9 Å². The van der Waals surface area contributed by atoms with Crippen LogP contribution in [-0.2, 0) is 11.2 Å². The van der Waals surface area contributed by atoms with Gasteiger partial charge in [-0.2, -0.15) is 5.26 Å². The molecule has 0 N–H and O–H groups in total. The third-order valence-electron chi connectivity index (χ3n) is 7.63. The Labute approximate surface area is 217 Å². The minimum atomic E-state index is -0.254. The molecule has 5 nitrogen and oxygen atoms in total. The number of nitriles is 1. The molecule has 0 amide bonds. The first kappa shape index (κ1) is 27.8. The second-order valence-electron chi connectivity index (χ2n) is 10.5. The van der Waals surface area contributed by atoms with Crippen LogP contribution in [0.3, 0.4) is 0 Å². The van der Waals surface area contributed by atoms with Gasteiger partial charge in [0.05, 0.1) is 17.4 Å². The van der Waals surface area contributed by atoms with Crippen molar-refractivity contribution in [3.63, 3.8) is 0 Å². The summed E-state index contributed by atoms with van der Waals surface area (Å²) in [5.41, 5.74) is 1.82. The van der Waals surface area contributed by atoms with Crippen LogP contribution in [0.25, 0.3) is 11.4 Å². The van der Waals surface area contributed by atoms with Crippen LogP contribution >= 0.6 is 0 Å².